The van der Waals surface area contributed by atoms with Crippen LogP contribution in [0.3, 0.4) is 0 Å². The molecular weight excluding hydrogens is 317 g/mol. The molecule has 0 saturated carbocycles. The largest absolute Gasteiger partial charge is 0.484 e. The smallest absolute Gasteiger partial charge is 0.422 e. The van der Waals surface area contributed by atoms with Crippen LogP contribution >= 0.6 is 0 Å². The predicted molar refractivity (Wildman–Crippen MR) is 72.2 cm³/mol. The quantitative estimate of drug-likeness (QED) is 0.484. The molecule has 1 fully saturated rings. The number of cyclic esters (lactones) is 2. The molecule has 1 saturated heterocycles. The SMILES string of the molecule is CC1(C)OC(=O)C(=Cc2ccccc2OCC(F)(F)F)C(=O)O1. The molecule has 8 heteroatoms. The Morgan fingerprint density at radius 1 is 1.13 bits per heavy atom. The molecule has 1 aliphatic heterocycles. The number of halogens is 3. The topological polar surface area (TPSA) is 61.8 Å². The van der Waals surface area contributed by atoms with E-state index in [9.17, 15) is 22.8 Å². The van der Waals surface area contributed by atoms with Crippen LogP contribution in [-0.4, -0.2) is 30.5 Å². The molecular formula is C15H13F3O5. The van der Waals surface area contributed by atoms with Gasteiger partial charge in [-0.1, -0.05) is 18.2 Å². The zero-order chi connectivity index (χ0) is 17.3. The highest BCUT2D eigenvalue weighted by Gasteiger charge is 2.39. The number of rotatable bonds is 3. The molecule has 1 aliphatic rings. The lowest BCUT2D eigenvalue weighted by Crippen LogP contribution is -2.41. The van der Waals surface area contributed by atoms with Crippen LogP contribution in [0.4, 0.5) is 13.2 Å². The number of carbonyl (C=O) groups excluding carboxylic acids is 2. The van der Waals surface area contributed by atoms with Crippen LogP contribution in [0.2, 0.25) is 0 Å². The van der Waals surface area contributed by atoms with Crippen molar-refractivity contribution in [2.24, 2.45) is 0 Å². The van der Waals surface area contributed by atoms with Gasteiger partial charge in [-0.25, -0.2) is 9.59 Å². The second-order valence-corrected chi connectivity index (χ2v) is 5.18. The van der Waals surface area contributed by atoms with E-state index in [2.05, 4.69) is 4.74 Å². The third-order valence-corrected chi connectivity index (χ3v) is 2.73. The lowest BCUT2D eigenvalue weighted by molar-refractivity contribution is -0.222. The molecule has 1 aromatic rings. The molecule has 2 rings (SSSR count). The van der Waals surface area contributed by atoms with Crippen molar-refractivity contribution in [1.29, 1.82) is 0 Å². The van der Waals surface area contributed by atoms with Gasteiger partial charge >= 0.3 is 18.1 Å². The lowest BCUT2D eigenvalue weighted by atomic mass is 10.1. The molecule has 0 aliphatic carbocycles. The van der Waals surface area contributed by atoms with Gasteiger partial charge in [-0.15, -0.1) is 0 Å². The van der Waals surface area contributed by atoms with Crippen LogP contribution in [0.1, 0.15) is 19.4 Å². The molecule has 124 valence electrons. The minimum atomic E-state index is -4.51. The summed E-state index contributed by atoms with van der Waals surface area (Å²) in [5, 5.41) is 0. The van der Waals surface area contributed by atoms with E-state index in [-0.39, 0.29) is 11.3 Å². The van der Waals surface area contributed by atoms with E-state index in [4.69, 9.17) is 9.47 Å². The van der Waals surface area contributed by atoms with E-state index in [1.54, 1.807) is 0 Å². The third-order valence-electron chi connectivity index (χ3n) is 2.73. The molecule has 0 bridgehead atoms. The number of hydrogen-bond donors (Lipinski definition) is 0. The van der Waals surface area contributed by atoms with Crippen molar-refractivity contribution in [3.8, 4) is 5.75 Å². The van der Waals surface area contributed by atoms with Gasteiger partial charge in [-0.3, -0.25) is 0 Å². The van der Waals surface area contributed by atoms with Gasteiger partial charge in [-0.2, -0.15) is 13.2 Å². The highest BCUT2D eigenvalue weighted by atomic mass is 19.4. The molecule has 0 radical (unpaired) electrons. The van der Waals surface area contributed by atoms with Crippen LogP contribution < -0.4 is 4.74 Å². The number of alkyl halides is 3. The molecule has 1 aromatic carbocycles. The van der Waals surface area contributed by atoms with Gasteiger partial charge in [0, 0.05) is 19.4 Å². The maximum Gasteiger partial charge on any atom is 0.422 e. The van der Waals surface area contributed by atoms with Crippen LogP contribution in [-0.2, 0) is 19.1 Å². The second kappa shape index (κ2) is 5.94. The van der Waals surface area contributed by atoms with Gasteiger partial charge in [0.25, 0.3) is 5.79 Å². The van der Waals surface area contributed by atoms with Gasteiger partial charge in [-0.05, 0) is 12.1 Å². The Morgan fingerprint density at radius 3 is 2.26 bits per heavy atom. The standard InChI is InChI=1S/C15H13F3O5/c1-14(2)22-12(19)10(13(20)23-14)7-9-5-3-4-6-11(9)21-8-15(16,17)18/h3-7H,8H2,1-2H3. The summed E-state index contributed by atoms with van der Waals surface area (Å²) >= 11 is 0. The fourth-order valence-corrected chi connectivity index (χ4v) is 1.82. The first-order chi connectivity index (χ1) is 10.6. The monoisotopic (exact) mass is 330 g/mol. The number of esters is 2. The average molecular weight is 330 g/mol. The zero-order valence-electron chi connectivity index (χ0n) is 12.3. The minimum Gasteiger partial charge on any atom is -0.484 e. The Balaban J connectivity index is 2.29. The van der Waals surface area contributed by atoms with Gasteiger partial charge in [0.1, 0.15) is 11.3 Å². The molecule has 0 unspecified atom stereocenters. The summed E-state index contributed by atoms with van der Waals surface area (Å²) in [6.07, 6.45) is -3.43. The summed E-state index contributed by atoms with van der Waals surface area (Å²) in [6, 6.07) is 5.69. The molecule has 5 nitrogen and oxygen atoms in total. The Kier molecular flexibility index (Phi) is 4.35. The normalized spacial score (nSPS) is 17.3. The first-order valence-electron chi connectivity index (χ1n) is 6.54. The highest BCUT2D eigenvalue weighted by molar-refractivity contribution is 6.19. The van der Waals surface area contributed by atoms with E-state index in [0.29, 0.717) is 0 Å². The highest BCUT2D eigenvalue weighted by Crippen LogP contribution is 2.28. The summed E-state index contributed by atoms with van der Waals surface area (Å²) < 4.78 is 51.3. The number of para-hydroxylation sites is 1. The van der Waals surface area contributed by atoms with Crippen LogP contribution in [0.25, 0.3) is 6.08 Å². The summed E-state index contributed by atoms with van der Waals surface area (Å²) in [5.41, 5.74) is -0.298. The van der Waals surface area contributed by atoms with E-state index < -0.39 is 36.1 Å². The summed E-state index contributed by atoms with van der Waals surface area (Å²) in [5.74, 6) is -3.35. The van der Waals surface area contributed by atoms with Crippen molar-refractivity contribution in [2.75, 3.05) is 6.61 Å². The molecule has 0 atom stereocenters. The fourth-order valence-electron chi connectivity index (χ4n) is 1.82. The van der Waals surface area contributed by atoms with E-state index >= 15 is 0 Å². The lowest BCUT2D eigenvalue weighted by Gasteiger charge is -2.29. The summed E-state index contributed by atoms with van der Waals surface area (Å²) in [7, 11) is 0. The van der Waals surface area contributed by atoms with Crippen molar-refractivity contribution in [3.05, 3.63) is 35.4 Å². The van der Waals surface area contributed by atoms with E-state index in [1.807, 2.05) is 0 Å². The van der Waals surface area contributed by atoms with Gasteiger partial charge < -0.3 is 14.2 Å². The molecule has 1 heterocycles. The Hall–Kier alpha value is -2.51. The van der Waals surface area contributed by atoms with E-state index in [1.165, 1.54) is 38.1 Å². The van der Waals surface area contributed by atoms with Crippen molar-refractivity contribution < 1.29 is 37.0 Å². The van der Waals surface area contributed by atoms with Crippen LogP contribution in [0.5, 0.6) is 5.75 Å². The Bertz CT molecular complexity index is 639. The summed E-state index contributed by atoms with van der Waals surface area (Å²) in [4.78, 5) is 23.7. The van der Waals surface area contributed by atoms with E-state index in [0.717, 1.165) is 6.08 Å². The van der Waals surface area contributed by atoms with Crippen molar-refractivity contribution in [1.82, 2.24) is 0 Å². The summed E-state index contributed by atoms with van der Waals surface area (Å²) in [6.45, 7) is 1.29. The van der Waals surface area contributed by atoms with Gasteiger partial charge in [0.05, 0.1) is 0 Å². The van der Waals surface area contributed by atoms with Crippen molar-refractivity contribution in [3.63, 3.8) is 0 Å². The molecule has 0 spiro atoms. The Labute approximate surface area is 129 Å². The first-order valence-corrected chi connectivity index (χ1v) is 6.54. The Morgan fingerprint density at radius 2 is 1.70 bits per heavy atom. The minimum absolute atomic E-state index is 0.122. The van der Waals surface area contributed by atoms with Crippen LogP contribution in [0, 0.1) is 0 Å². The zero-order valence-corrected chi connectivity index (χ0v) is 12.3. The number of ether oxygens (including phenoxy) is 3. The van der Waals surface area contributed by atoms with Crippen LogP contribution in [0.15, 0.2) is 29.8 Å². The molecule has 0 aromatic heterocycles. The maximum atomic E-state index is 12.3. The maximum absolute atomic E-state index is 12.3. The van der Waals surface area contributed by atoms with Gasteiger partial charge in [0.15, 0.2) is 6.61 Å². The van der Waals surface area contributed by atoms with Crippen molar-refractivity contribution in [2.45, 2.75) is 25.8 Å². The third kappa shape index (κ3) is 4.48. The van der Waals surface area contributed by atoms with Gasteiger partial charge in [0.2, 0.25) is 0 Å². The molecule has 0 amide bonds. The molecule has 23 heavy (non-hydrogen) atoms. The first kappa shape index (κ1) is 16.9. The fraction of sp³-hybridized carbons (Fsp3) is 0.333. The number of hydrogen-bond acceptors (Lipinski definition) is 5. The second-order valence-electron chi connectivity index (χ2n) is 5.18. The van der Waals surface area contributed by atoms with Crippen molar-refractivity contribution >= 4 is 18.0 Å². The average Bonchev–Trinajstić information content (AvgIpc) is 2.39. The number of benzene rings is 1. The number of carbonyl (C=O) groups is 2. The molecule has 0 N–H and O–H groups in total. The predicted octanol–water partition coefficient (Wildman–Crippen LogP) is 2.85.